The van der Waals surface area contributed by atoms with Crippen LogP contribution in [0.3, 0.4) is 0 Å². The molecule has 144 valence electrons. The Labute approximate surface area is 164 Å². The van der Waals surface area contributed by atoms with Crippen molar-refractivity contribution in [1.82, 2.24) is 19.9 Å². The highest BCUT2D eigenvalue weighted by Gasteiger charge is 2.20. The summed E-state index contributed by atoms with van der Waals surface area (Å²) in [6.07, 6.45) is 0. The number of carbonyl (C=O) groups excluding carboxylic acids is 1. The van der Waals surface area contributed by atoms with Crippen LogP contribution in [-0.4, -0.2) is 32.5 Å². The van der Waals surface area contributed by atoms with Gasteiger partial charge in [0.1, 0.15) is 21.3 Å². The number of hydrogen-bond acceptors (Lipinski definition) is 7. The fraction of sp³-hybridized carbons (Fsp3) is 0.263. The zero-order valence-corrected chi connectivity index (χ0v) is 16.5. The SMILES string of the molecule is CCOC(=O)c1sc2nc(C)nc(NCc3ccc4[nH]c(=O)[nH]c4c3)c2c1C. The summed E-state index contributed by atoms with van der Waals surface area (Å²) in [6.45, 7) is 6.32. The van der Waals surface area contributed by atoms with Gasteiger partial charge in [0.15, 0.2) is 0 Å². The predicted molar refractivity (Wildman–Crippen MR) is 109 cm³/mol. The van der Waals surface area contributed by atoms with E-state index in [9.17, 15) is 9.59 Å². The van der Waals surface area contributed by atoms with Gasteiger partial charge in [-0.2, -0.15) is 0 Å². The Morgan fingerprint density at radius 3 is 2.79 bits per heavy atom. The van der Waals surface area contributed by atoms with E-state index in [0.717, 1.165) is 32.4 Å². The van der Waals surface area contributed by atoms with Crippen LogP contribution in [0.1, 0.15) is 33.5 Å². The molecule has 0 unspecified atom stereocenters. The summed E-state index contributed by atoms with van der Waals surface area (Å²) in [5.74, 6) is 0.958. The largest absolute Gasteiger partial charge is 0.462 e. The van der Waals surface area contributed by atoms with Crippen LogP contribution in [0, 0.1) is 13.8 Å². The standard InChI is InChI=1S/C19H19N5O3S/c1-4-27-18(25)15-9(2)14-16(21-10(3)22-17(14)28-15)20-8-11-5-6-12-13(7-11)24-19(26)23-12/h5-7H,4,8H2,1-3H3,(H,20,21,22)(H2,23,24,26). The molecular weight excluding hydrogens is 378 g/mol. The molecule has 0 saturated heterocycles. The number of anilines is 1. The first-order valence-electron chi connectivity index (χ1n) is 8.86. The monoisotopic (exact) mass is 397 g/mol. The van der Waals surface area contributed by atoms with Crippen molar-refractivity contribution < 1.29 is 9.53 Å². The van der Waals surface area contributed by atoms with Gasteiger partial charge >= 0.3 is 11.7 Å². The van der Waals surface area contributed by atoms with Gasteiger partial charge in [0, 0.05) is 6.54 Å². The molecule has 3 heterocycles. The van der Waals surface area contributed by atoms with Crippen LogP contribution < -0.4 is 11.0 Å². The fourth-order valence-corrected chi connectivity index (χ4v) is 4.26. The van der Waals surface area contributed by atoms with E-state index in [1.165, 1.54) is 11.3 Å². The molecule has 0 atom stereocenters. The van der Waals surface area contributed by atoms with E-state index in [4.69, 9.17) is 4.74 Å². The quantitative estimate of drug-likeness (QED) is 0.446. The van der Waals surface area contributed by atoms with Crippen LogP contribution in [0.4, 0.5) is 5.82 Å². The third-order valence-corrected chi connectivity index (χ3v) is 5.57. The minimum Gasteiger partial charge on any atom is -0.462 e. The van der Waals surface area contributed by atoms with E-state index in [1.54, 1.807) is 6.92 Å². The van der Waals surface area contributed by atoms with E-state index >= 15 is 0 Å². The lowest BCUT2D eigenvalue weighted by atomic mass is 10.1. The molecule has 9 heteroatoms. The summed E-state index contributed by atoms with van der Waals surface area (Å²) >= 11 is 1.32. The van der Waals surface area contributed by atoms with Crippen LogP contribution in [0.25, 0.3) is 21.3 Å². The Kier molecular flexibility index (Phi) is 4.60. The van der Waals surface area contributed by atoms with Crippen molar-refractivity contribution in [2.75, 3.05) is 11.9 Å². The number of H-pyrrole nitrogens is 2. The lowest BCUT2D eigenvalue weighted by Crippen LogP contribution is -2.05. The van der Waals surface area contributed by atoms with Gasteiger partial charge in [0.2, 0.25) is 0 Å². The lowest BCUT2D eigenvalue weighted by Gasteiger charge is -2.09. The van der Waals surface area contributed by atoms with Gasteiger partial charge in [-0.3, -0.25) is 0 Å². The number of carbonyl (C=O) groups is 1. The zero-order valence-electron chi connectivity index (χ0n) is 15.7. The molecule has 0 amide bonds. The highest BCUT2D eigenvalue weighted by Crippen LogP contribution is 2.34. The molecule has 0 saturated carbocycles. The molecule has 4 aromatic rings. The Morgan fingerprint density at radius 1 is 1.21 bits per heavy atom. The number of nitrogens with one attached hydrogen (secondary N) is 3. The number of thiophene rings is 1. The topological polar surface area (TPSA) is 113 Å². The molecular formula is C19H19N5O3S. The van der Waals surface area contributed by atoms with E-state index in [-0.39, 0.29) is 11.7 Å². The average molecular weight is 397 g/mol. The molecule has 28 heavy (non-hydrogen) atoms. The molecule has 0 aliphatic carbocycles. The van der Waals surface area contributed by atoms with Crippen LogP contribution in [0.15, 0.2) is 23.0 Å². The first kappa shape index (κ1) is 18.2. The number of nitrogens with zero attached hydrogens (tertiary/aromatic N) is 2. The number of benzene rings is 1. The van der Waals surface area contributed by atoms with E-state index in [2.05, 4.69) is 25.3 Å². The van der Waals surface area contributed by atoms with Crippen molar-refractivity contribution in [2.24, 2.45) is 0 Å². The van der Waals surface area contributed by atoms with Gasteiger partial charge in [-0.15, -0.1) is 11.3 Å². The number of aromatic nitrogens is 4. The maximum absolute atomic E-state index is 12.2. The second-order valence-electron chi connectivity index (χ2n) is 6.39. The van der Waals surface area contributed by atoms with Gasteiger partial charge in [0.25, 0.3) is 0 Å². The first-order valence-corrected chi connectivity index (χ1v) is 9.67. The lowest BCUT2D eigenvalue weighted by molar-refractivity contribution is 0.0531. The van der Waals surface area contributed by atoms with E-state index in [0.29, 0.717) is 29.7 Å². The Morgan fingerprint density at radius 2 is 2.00 bits per heavy atom. The first-order chi connectivity index (χ1) is 13.5. The summed E-state index contributed by atoms with van der Waals surface area (Å²) in [7, 11) is 0. The van der Waals surface area contributed by atoms with E-state index < -0.39 is 0 Å². The van der Waals surface area contributed by atoms with Crippen molar-refractivity contribution >= 4 is 44.4 Å². The molecule has 0 fully saturated rings. The van der Waals surface area contributed by atoms with Crippen molar-refractivity contribution in [3.05, 3.63) is 50.5 Å². The van der Waals surface area contributed by atoms with Crippen LogP contribution in [0.2, 0.25) is 0 Å². The Bertz CT molecular complexity index is 1250. The molecule has 0 aliphatic rings. The van der Waals surface area contributed by atoms with Gasteiger partial charge in [-0.05, 0) is 44.0 Å². The number of hydrogen-bond donors (Lipinski definition) is 3. The fourth-order valence-electron chi connectivity index (χ4n) is 3.14. The van der Waals surface area contributed by atoms with Gasteiger partial charge in [-0.1, -0.05) is 6.07 Å². The number of esters is 1. The summed E-state index contributed by atoms with van der Waals surface area (Å²) in [5.41, 5.74) is 3.09. The van der Waals surface area contributed by atoms with Crippen molar-refractivity contribution in [3.63, 3.8) is 0 Å². The summed E-state index contributed by atoms with van der Waals surface area (Å²) < 4.78 is 5.15. The molecule has 0 bridgehead atoms. The number of aromatic amines is 2. The summed E-state index contributed by atoms with van der Waals surface area (Å²) in [6, 6.07) is 5.71. The number of imidazole rings is 1. The van der Waals surface area contributed by atoms with Crippen LogP contribution in [0.5, 0.6) is 0 Å². The van der Waals surface area contributed by atoms with Crippen molar-refractivity contribution in [3.8, 4) is 0 Å². The molecule has 8 nitrogen and oxygen atoms in total. The minimum absolute atomic E-state index is 0.228. The second kappa shape index (κ2) is 7.08. The molecule has 0 aliphatic heterocycles. The maximum atomic E-state index is 12.2. The number of rotatable bonds is 5. The third kappa shape index (κ3) is 3.24. The van der Waals surface area contributed by atoms with Gasteiger partial charge < -0.3 is 20.0 Å². The molecule has 1 aromatic carbocycles. The van der Waals surface area contributed by atoms with Crippen LogP contribution in [-0.2, 0) is 11.3 Å². The van der Waals surface area contributed by atoms with Gasteiger partial charge in [0.05, 0.1) is 23.0 Å². The number of fused-ring (bicyclic) bond motifs is 2. The van der Waals surface area contributed by atoms with Crippen LogP contribution >= 0.6 is 11.3 Å². The predicted octanol–water partition coefficient (Wildman–Crippen LogP) is 3.27. The minimum atomic E-state index is -0.339. The highest BCUT2D eigenvalue weighted by molar-refractivity contribution is 7.20. The smallest absolute Gasteiger partial charge is 0.348 e. The molecule has 0 spiro atoms. The summed E-state index contributed by atoms with van der Waals surface area (Å²) in [5, 5.41) is 4.17. The van der Waals surface area contributed by atoms with E-state index in [1.807, 2.05) is 32.0 Å². The summed E-state index contributed by atoms with van der Waals surface area (Å²) in [4.78, 5) is 39.4. The normalized spacial score (nSPS) is 11.2. The molecule has 4 rings (SSSR count). The average Bonchev–Trinajstić information content (AvgIpc) is 3.18. The highest BCUT2D eigenvalue weighted by atomic mass is 32.1. The number of aryl methyl sites for hydroxylation is 2. The molecule has 3 aromatic heterocycles. The third-order valence-electron chi connectivity index (χ3n) is 4.40. The van der Waals surface area contributed by atoms with Gasteiger partial charge in [-0.25, -0.2) is 19.6 Å². The zero-order chi connectivity index (χ0) is 19.8. The Hall–Kier alpha value is -3.20. The van der Waals surface area contributed by atoms with Crippen molar-refractivity contribution in [1.29, 1.82) is 0 Å². The molecule has 3 N–H and O–H groups in total. The second-order valence-corrected chi connectivity index (χ2v) is 7.39. The maximum Gasteiger partial charge on any atom is 0.348 e. The van der Waals surface area contributed by atoms with Crippen molar-refractivity contribution in [2.45, 2.75) is 27.3 Å². The number of ether oxygens (including phenoxy) is 1. The molecule has 0 radical (unpaired) electrons. The Balaban J connectivity index is 1.68.